The largest absolute Gasteiger partial charge is 0.474 e. The number of hydrogen-bond donors (Lipinski definition) is 0. The number of esters is 1. The summed E-state index contributed by atoms with van der Waals surface area (Å²) < 4.78 is 30.3. The van der Waals surface area contributed by atoms with Gasteiger partial charge in [0, 0.05) is 19.8 Å². The maximum atomic E-state index is 11.5. The van der Waals surface area contributed by atoms with Gasteiger partial charge in [0.05, 0.1) is 6.61 Å². The lowest BCUT2D eigenvalue weighted by Crippen LogP contribution is -2.20. The summed E-state index contributed by atoms with van der Waals surface area (Å²) >= 11 is 0. The number of carbonyl (C=O) groups excluding carboxylic acids is 1. The molecule has 0 aliphatic carbocycles. The van der Waals surface area contributed by atoms with Gasteiger partial charge in [0.15, 0.2) is 0 Å². The van der Waals surface area contributed by atoms with Crippen molar-refractivity contribution < 1.29 is 27.7 Å². The van der Waals surface area contributed by atoms with E-state index >= 15 is 0 Å². The van der Waals surface area contributed by atoms with Crippen LogP contribution in [0.25, 0.3) is 0 Å². The fraction of sp³-hybridized carbons (Fsp3) is 0.667. The quantitative estimate of drug-likeness (QED) is 0.391. The molecule has 0 rings (SSSR count). The third kappa shape index (κ3) is 5.42. The Morgan fingerprint density at radius 2 is 1.88 bits per heavy atom. The van der Waals surface area contributed by atoms with Gasteiger partial charge in [-0.25, -0.2) is 9.36 Å². The zero-order valence-corrected chi connectivity index (χ0v) is 10.8. The van der Waals surface area contributed by atoms with Gasteiger partial charge in [-0.15, -0.1) is 0 Å². The molecule has 0 heterocycles. The Bertz CT molecular complexity index is 292. The molecule has 1 atom stereocenters. The van der Waals surface area contributed by atoms with E-state index in [9.17, 15) is 9.36 Å². The van der Waals surface area contributed by atoms with Gasteiger partial charge in [-0.1, -0.05) is 6.58 Å². The van der Waals surface area contributed by atoms with Gasteiger partial charge >= 0.3 is 13.8 Å². The Kier molecular flexibility index (Phi) is 6.52. The molecule has 0 saturated carbocycles. The lowest BCUT2D eigenvalue weighted by Gasteiger charge is -2.17. The van der Waals surface area contributed by atoms with Gasteiger partial charge in [-0.05, 0) is 13.8 Å². The normalized spacial score (nSPS) is 13.2. The SMILES string of the molecule is C=C(C)C(=O)OC(C)COP(=O)(OC)OC. The number of phosphoric ester groups is 1. The second kappa shape index (κ2) is 6.81. The molecule has 16 heavy (non-hydrogen) atoms. The topological polar surface area (TPSA) is 71.1 Å². The van der Waals surface area contributed by atoms with Crippen molar-refractivity contribution >= 4 is 13.8 Å². The molecule has 0 aromatic heterocycles. The standard InChI is InChI=1S/C9H17O6P/c1-7(2)9(10)15-8(3)6-14-16(11,12-4)13-5/h8H,1,6H2,2-5H3. The Balaban J connectivity index is 4.07. The van der Waals surface area contributed by atoms with E-state index in [-0.39, 0.29) is 12.2 Å². The highest BCUT2D eigenvalue weighted by molar-refractivity contribution is 7.48. The molecular weight excluding hydrogens is 235 g/mol. The Morgan fingerprint density at radius 1 is 1.38 bits per heavy atom. The van der Waals surface area contributed by atoms with E-state index < -0.39 is 19.9 Å². The molecule has 0 radical (unpaired) electrons. The third-order valence-electron chi connectivity index (χ3n) is 1.57. The Hall–Kier alpha value is -0.680. The van der Waals surface area contributed by atoms with Crippen molar-refractivity contribution in [3.8, 4) is 0 Å². The van der Waals surface area contributed by atoms with E-state index in [2.05, 4.69) is 15.6 Å². The van der Waals surface area contributed by atoms with E-state index in [0.717, 1.165) is 0 Å². The van der Waals surface area contributed by atoms with Gasteiger partial charge in [0.1, 0.15) is 6.10 Å². The van der Waals surface area contributed by atoms with Crippen LogP contribution in [-0.4, -0.2) is 32.9 Å². The number of phosphoric acid groups is 1. The van der Waals surface area contributed by atoms with Gasteiger partial charge in [-0.2, -0.15) is 0 Å². The molecule has 0 spiro atoms. The zero-order valence-electron chi connectivity index (χ0n) is 9.89. The summed E-state index contributed by atoms with van der Waals surface area (Å²) in [6, 6.07) is 0. The number of ether oxygens (including phenoxy) is 1. The van der Waals surface area contributed by atoms with Gasteiger partial charge in [0.2, 0.25) is 0 Å². The van der Waals surface area contributed by atoms with Crippen LogP contribution in [0.1, 0.15) is 13.8 Å². The van der Waals surface area contributed by atoms with E-state index in [1.54, 1.807) is 6.92 Å². The molecule has 94 valence electrons. The minimum absolute atomic E-state index is 0.0853. The highest BCUT2D eigenvalue weighted by Gasteiger charge is 2.24. The van der Waals surface area contributed by atoms with Crippen LogP contribution in [0.15, 0.2) is 12.2 Å². The van der Waals surface area contributed by atoms with Crippen LogP contribution < -0.4 is 0 Å². The van der Waals surface area contributed by atoms with Crippen molar-refractivity contribution in [2.45, 2.75) is 20.0 Å². The first kappa shape index (κ1) is 15.3. The summed E-state index contributed by atoms with van der Waals surface area (Å²) in [4.78, 5) is 11.1. The minimum Gasteiger partial charge on any atom is -0.457 e. The van der Waals surface area contributed by atoms with Crippen molar-refractivity contribution in [3.63, 3.8) is 0 Å². The highest BCUT2D eigenvalue weighted by atomic mass is 31.2. The fourth-order valence-corrected chi connectivity index (χ4v) is 1.45. The van der Waals surface area contributed by atoms with Crippen LogP contribution >= 0.6 is 7.82 Å². The van der Waals surface area contributed by atoms with Crippen LogP contribution in [0.4, 0.5) is 0 Å². The molecule has 0 aromatic rings. The molecule has 0 amide bonds. The average Bonchev–Trinajstić information content (AvgIpc) is 2.25. The first-order valence-electron chi connectivity index (χ1n) is 4.57. The monoisotopic (exact) mass is 252 g/mol. The first-order valence-corrected chi connectivity index (χ1v) is 6.03. The smallest absolute Gasteiger partial charge is 0.457 e. The van der Waals surface area contributed by atoms with Gasteiger partial charge < -0.3 is 4.74 Å². The van der Waals surface area contributed by atoms with Crippen molar-refractivity contribution in [3.05, 3.63) is 12.2 Å². The highest BCUT2D eigenvalue weighted by Crippen LogP contribution is 2.47. The van der Waals surface area contributed by atoms with Crippen molar-refractivity contribution in [1.29, 1.82) is 0 Å². The molecule has 0 saturated heterocycles. The second-order valence-electron chi connectivity index (χ2n) is 3.10. The lowest BCUT2D eigenvalue weighted by atomic mass is 10.3. The molecule has 0 bridgehead atoms. The number of carbonyl (C=O) groups is 1. The molecule has 1 unspecified atom stereocenters. The maximum Gasteiger partial charge on any atom is 0.474 e. The van der Waals surface area contributed by atoms with Crippen molar-refractivity contribution in [2.75, 3.05) is 20.8 Å². The van der Waals surface area contributed by atoms with E-state index in [1.165, 1.54) is 21.1 Å². The molecule has 7 heteroatoms. The number of hydrogen-bond acceptors (Lipinski definition) is 6. The summed E-state index contributed by atoms with van der Waals surface area (Å²) in [5, 5.41) is 0. The van der Waals surface area contributed by atoms with E-state index in [0.29, 0.717) is 0 Å². The molecule has 0 aliphatic rings. The fourth-order valence-electron chi connectivity index (χ4n) is 0.694. The lowest BCUT2D eigenvalue weighted by molar-refractivity contribution is -0.145. The average molecular weight is 252 g/mol. The van der Waals surface area contributed by atoms with Crippen LogP contribution in [0.2, 0.25) is 0 Å². The van der Waals surface area contributed by atoms with Gasteiger partial charge in [0.25, 0.3) is 0 Å². The second-order valence-corrected chi connectivity index (χ2v) is 4.99. The summed E-state index contributed by atoms with van der Waals surface area (Å²) in [7, 11) is -1.11. The molecule has 0 N–H and O–H groups in total. The van der Waals surface area contributed by atoms with E-state index in [1.807, 2.05) is 0 Å². The summed E-state index contributed by atoms with van der Waals surface area (Å²) in [5.41, 5.74) is 0.286. The maximum absolute atomic E-state index is 11.5. The Morgan fingerprint density at radius 3 is 2.25 bits per heavy atom. The van der Waals surface area contributed by atoms with Crippen LogP contribution in [0, 0.1) is 0 Å². The van der Waals surface area contributed by atoms with Crippen LogP contribution in [0.3, 0.4) is 0 Å². The first-order chi connectivity index (χ1) is 7.34. The third-order valence-corrected chi connectivity index (χ3v) is 2.93. The molecule has 6 nitrogen and oxygen atoms in total. The number of rotatable bonds is 7. The molecule has 0 fully saturated rings. The summed E-state index contributed by atoms with van der Waals surface area (Å²) in [6.07, 6.45) is -0.567. The van der Waals surface area contributed by atoms with Crippen LogP contribution in [0.5, 0.6) is 0 Å². The summed E-state index contributed by atoms with van der Waals surface area (Å²) in [6.45, 7) is 6.47. The summed E-state index contributed by atoms with van der Waals surface area (Å²) in [5.74, 6) is -0.527. The Labute approximate surface area is 95.1 Å². The van der Waals surface area contributed by atoms with Gasteiger partial charge in [-0.3, -0.25) is 13.6 Å². The predicted molar refractivity (Wildman–Crippen MR) is 57.9 cm³/mol. The van der Waals surface area contributed by atoms with E-state index in [4.69, 9.17) is 9.26 Å². The van der Waals surface area contributed by atoms with Crippen molar-refractivity contribution in [2.24, 2.45) is 0 Å². The molecule has 0 aliphatic heterocycles. The van der Waals surface area contributed by atoms with Crippen molar-refractivity contribution in [1.82, 2.24) is 0 Å². The van der Waals surface area contributed by atoms with Crippen LogP contribution in [-0.2, 0) is 27.7 Å². The minimum atomic E-state index is -3.52. The predicted octanol–water partition coefficient (Wildman–Crippen LogP) is 1.91. The zero-order chi connectivity index (χ0) is 12.8. The molecular formula is C9H17O6P. The molecule has 0 aromatic carbocycles.